The topological polar surface area (TPSA) is 53.6 Å². The molecule has 0 spiro atoms. The highest BCUT2D eigenvalue weighted by Crippen LogP contribution is 2.16. The molecule has 1 aromatic rings. The molecule has 6 heteroatoms. The van der Waals surface area contributed by atoms with Gasteiger partial charge in [-0.05, 0) is 32.0 Å². The molecule has 2 amide bonds. The van der Waals surface area contributed by atoms with Crippen molar-refractivity contribution in [3.8, 4) is 0 Å². The van der Waals surface area contributed by atoms with E-state index in [4.69, 9.17) is 16.3 Å². The summed E-state index contributed by atoms with van der Waals surface area (Å²) in [4.78, 5) is 14.3. The predicted octanol–water partition coefficient (Wildman–Crippen LogP) is 2.57. The van der Waals surface area contributed by atoms with Gasteiger partial charge >= 0.3 is 6.03 Å². The Bertz CT molecular complexity index is 488. The highest BCUT2D eigenvalue weighted by molar-refractivity contribution is 6.30. The summed E-state index contributed by atoms with van der Waals surface area (Å²) in [6.07, 6.45) is 0. The van der Waals surface area contributed by atoms with Gasteiger partial charge in [0.05, 0.1) is 13.2 Å². The van der Waals surface area contributed by atoms with Gasteiger partial charge in [-0.15, -0.1) is 0 Å². The Hall–Kier alpha value is -1.30. The smallest absolute Gasteiger partial charge is 0.319 e. The van der Waals surface area contributed by atoms with Crippen molar-refractivity contribution >= 4 is 23.3 Å². The number of hydrogen-bond donors (Lipinski definition) is 2. The number of amides is 2. The van der Waals surface area contributed by atoms with Crippen LogP contribution in [0.25, 0.3) is 0 Å². The average molecular weight is 312 g/mol. The fraction of sp³-hybridized carbons (Fsp3) is 0.533. The number of ether oxygens (including phenoxy) is 1. The third-order valence-corrected chi connectivity index (χ3v) is 3.87. The van der Waals surface area contributed by atoms with E-state index < -0.39 is 0 Å². The molecule has 0 aliphatic carbocycles. The monoisotopic (exact) mass is 311 g/mol. The van der Waals surface area contributed by atoms with Crippen molar-refractivity contribution in [2.45, 2.75) is 19.4 Å². The van der Waals surface area contributed by atoms with Gasteiger partial charge in [-0.3, -0.25) is 4.90 Å². The van der Waals surface area contributed by atoms with Gasteiger partial charge in [0.1, 0.15) is 0 Å². The highest BCUT2D eigenvalue weighted by Gasteiger charge is 2.28. The molecule has 1 aliphatic heterocycles. The van der Waals surface area contributed by atoms with Crippen LogP contribution in [-0.2, 0) is 4.74 Å². The first-order chi connectivity index (χ1) is 9.97. The summed E-state index contributed by atoms with van der Waals surface area (Å²) in [5.74, 6) is 0. The van der Waals surface area contributed by atoms with Crippen LogP contribution in [0.2, 0.25) is 5.02 Å². The SMILES string of the molecule is CC(C)(CNC(=O)Nc1cccc(Cl)c1)N1CCOCC1. The predicted molar refractivity (Wildman–Crippen MR) is 84.9 cm³/mol. The standard InChI is InChI=1S/C15H22ClN3O2/c1-15(2,19-6-8-21-9-7-19)11-17-14(20)18-13-5-3-4-12(16)10-13/h3-5,10H,6-9,11H2,1-2H3,(H2,17,18,20). The van der Waals surface area contributed by atoms with Crippen LogP contribution in [0.5, 0.6) is 0 Å². The first-order valence-electron chi connectivity index (χ1n) is 7.10. The van der Waals surface area contributed by atoms with Crippen molar-refractivity contribution in [2.75, 3.05) is 38.2 Å². The summed E-state index contributed by atoms with van der Waals surface area (Å²) in [6, 6.07) is 6.87. The number of anilines is 1. The molecular formula is C15H22ClN3O2. The molecule has 0 atom stereocenters. The van der Waals surface area contributed by atoms with Gasteiger partial charge in [0.25, 0.3) is 0 Å². The average Bonchev–Trinajstić information content (AvgIpc) is 2.46. The molecule has 0 aromatic heterocycles. The Kier molecular flexibility index (Phi) is 5.45. The summed E-state index contributed by atoms with van der Waals surface area (Å²) < 4.78 is 5.36. The van der Waals surface area contributed by atoms with Crippen molar-refractivity contribution in [2.24, 2.45) is 0 Å². The van der Waals surface area contributed by atoms with Crippen molar-refractivity contribution in [3.05, 3.63) is 29.3 Å². The lowest BCUT2D eigenvalue weighted by atomic mass is 10.0. The molecular weight excluding hydrogens is 290 g/mol. The summed E-state index contributed by atoms with van der Waals surface area (Å²) in [5.41, 5.74) is 0.583. The summed E-state index contributed by atoms with van der Waals surface area (Å²) in [5, 5.41) is 6.29. The normalized spacial score (nSPS) is 16.5. The van der Waals surface area contributed by atoms with Crippen LogP contribution in [0.15, 0.2) is 24.3 Å². The summed E-state index contributed by atoms with van der Waals surface area (Å²) in [7, 11) is 0. The van der Waals surface area contributed by atoms with Gasteiger partial charge in [-0.1, -0.05) is 17.7 Å². The number of carbonyl (C=O) groups is 1. The molecule has 1 aromatic carbocycles. The third kappa shape index (κ3) is 4.88. The van der Waals surface area contributed by atoms with E-state index in [9.17, 15) is 4.79 Å². The molecule has 21 heavy (non-hydrogen) atoms. The van der Waals surface area contributed by atoms with Gasteiger partial charge < -0.3 is 15.4 Å². The van der Waals surface area contributed by atoms with Gasteiger partial charge in [-0.25, -0.2) is 4.79 Å². The second kappa shape index (κ2) is 7.11. The first-order valence-corrected chi connectivity index (χ1v) is 7.48. The van der Waals surface area contributed by atoms with Crippen molar-refractivity contribution in [1.82, 2.24) is 10.2 Å². The van der Waals surface area contributed by atoms with Crippen LogP contribution >= 0.6 is 11.6 Å². The van der Waals surface area contributed by atoms with Gasteiger partial charge in [0.15, 0.2) is 0 Å². The maximum absolute atomic E-state index is 11.9. The van der Waals surface area contributed by atoms with E-state index in [0.717, 1.165) is 26.3 Å². The Balaban J connectivity index is 1.82. The number of urea groups is 1. The van der Waals surface area contributed by atoms with Crippen molar-refractivity contribution in [3.63, 3.8) is 0 Å². The Morgan fingerprint density at radius 1 is 1.38 bits per heavy atom. The zero-order valence-electron chi connectivity index (χ0n) is 12.5. The number of carbonyl (C=O) groups excluding carboxylic acids is 1. The van der Waals surface area contributed by atoms with Crippen LogP contribution in [0, 0.1) is 0 Å². The zero-order valence-corrected chi connectivity index (χ0v) is 13.2. The van der Waals surface area contributed by atoms with Crippen LogP contribution < -0.4 is 10.6 Å². The molecule has 0 radical (unpaired) electrons. The van der Waals surface area contributed by atoms with E-state index >= 15 is 0 Å². The maximum atomic E-state index is 11.9. The van der Waals surface area contributed by atoms with Crippen molar-refractivity contribution in [1.29, 1.82) is 0 Å². The molecule has 2 N–H and O–H groups in total. The molecule has 0 bridgehead atoms. The zero-order chi connectivity index (χ0) is 15.3. The lowest BCUT2D eigenvalue weighted by Crippen LogP contribution is -2.55. The molecule has 0 unspecified atom stereocenters. The second-order valence-corrected chi connectivity index (χ2v) is 6.17. The molecule has 1 saturated heterocycles. The number of nitrogens with zero attached hydrogens (tertiary/aromatic N) is 1. The number of rotatable bonds is 4. The Morgan fingerprint density at radius 2 is 2.10 bits per heavy atom. The largest absolute Gasteiger partial charge is 0.379 e. The third-order valence-electron chi connectivity index (χ3n) is 3.63. The van der Waals surface area contributed by atoms with E-state index in [0.29, 0.717) is 17.3 Å². The van der Waals surface area contributed by atoms with E-state index in [1.54, 1.807) is 24.3 Å². The van der Waals surface area contributed by atoms with E-state index in [-0.39, 0.29) is 11.6 Å². The van der Waals surface area contributed by atoms with Crippen molar-refractivity contribution < 1.29 is 9.53 Å². The molecule has 5 nitrogen and oxygen atoms in total. The van der Waals surface area contributed by atoms with Gasteiger partial charge in [0.2, 0.25) is 0 Å². The Labute approximate surface area is 130 Å². The van der Waals surface area contributed by atoms with Crippen LogP contribution in [0.1, 0.15) is 13.8 Å². The van der Waals surface area contributed by atoms with Crippen LogP contribution in [0.4, 0.5) is 10.5 Å². The quantitative estimate of drug-likeness (QED) is 0.898. The highest BCUT2D eigenvalue weighted by atomic mass is 35.5. The summed E-state index contributed by atoms with van der Waals surface area (Å²) in [6.45, 7) is 8.10. The molecule has 0 saturated carbocycles. The van der Waals surface area contributed by atoms with E-state index in [1.807, 2.05) is 0 Å². The summed E-state index contributed by atoms with van der Waals surface area (Å²) >= 11 is 5.89. The second-order valence-electron chi connectivity index (χ2n) is 5.73. The number of halogens is 1. The minimum absolute atomic E-state index is 0.102. The number of nitrogens with one attached hydrogen (secondary N) is 2. The fourth-order valence-electron chi connectivity index (χ4n) is 2.32. The molecule has 2 rings (SSSR count). The first kappa shape index (κ1) is 16.1. The lowest BCUT2D eigenvalue weighted by molar-refractivity contribution is -0.00863. The van der Waals surface area contributed by atoms with Crippen LogP contribution in [-0.4, -0.2) is 49.3 Å². The maximum Gasteiger partial charge on any atom is 0.319 e. The Morgan fingerprint density at radius 3 is 2.76 bits per heavy atom. The van der Waals surface area contributed by atoms with Gasteiger partial charge in [-0.2, -0.15) is 0 Å². The number of benzene rings is 1. The minimum atomic E-state index is -0.224. The molecule has 1 fully saturated rings. The molecule has 116 valence electrons. The van der Waals surface area contributed by atoms with E-state index in [2.05, 4.69) is 29.4 Å². The van der Waals surface area contributed by atoms with Crippen LogP contribution in [0.3, 0.4) is 0 Å². The molecule has 1 heterocycles. The molecule has 1 aliphatic rings. The lowest BCUT2D eigenvalue weighted by Gasteiger charge is -2.40. The number of hydrogen-bond acceptors (Lipinski definition) is 3. The minimum Gasteiger partial charge on any atom is -0.379 e. The fourth-order valence-corrected chi connectivity index (χ4v) is 2.51. The number of morpholine rings is 1. The van der Waals surface area contributed by atoms with E-state index in [1.165, 1.54) is 0 Å². The van der Waals surface area contributed by atoms with Gasteiger partial charge in [0, 0.05) is 35.9 Å².